The molecule has 0 atom stereocenters. The van der Waals surface area contributed by atoms with Crippen LogP contribution in [-0.2, 0) is 15.4 Å². The van der Waals surface area contributed by atoms with E-state index in [1.807, 2.05) is 43.3 Å². The third-order valence-electron chi connectivity index (χ3n) is 5.63. The van der Waals surface area contributed by atoms with Gasteiger partial charge in [-0.2, -0.15) is 0 Å². The molecule has 1 saturated heterocycles. The molecule has 7 heteroatoms. The van der Waals surface area contributed by atoms with Crippen LogP contribution < -0.4 is 5.32 Å². The van der Waals surface area contributed by atoms with Crippen molar-refractivity contribution < 1.29 is 13.2 Å². The molecule has 156 valence electrons. The van der Waals surface area contributed by atoms with Crippen LogP contribution in [0.5, 0.6) is 0 Å². The fourth-order valence-corrected chi connectivity index (χ4v) is 5.91. The maximum absolute atomic E-state index is 12.7. The summed E-state index contributed by atoms with van der Waals surface area (Å²) < 4.78 is 27.3. The van der Waals surface area contributed by atoms with Crippen molar-refractivity contribution in [1.82, 2.24) is 9.62 Å². The van der Waals surface area contributed by atoms with Crippen molar-refractivity contribution in [2.45, 2.75) is 31.6 Å². The highest BCUT2D eigenvalue weighted by molar-refractivity contribution is 9.10. The minimum atomic E-state index is -3.21. The van der Waals surface area contributed by atoms with Crippen molar-refractivity contribution in [3.8, 4) is 0 Å². The number of benzene rings is 2. The number of halogens is 1. The summed E-state index contributed by atoms with van der Waals surface area (Å²) in [5.41, 5.74) is 1.45. The summed E-state index contributed by atoms with van der Waals surface area (Å²) in [4.78, 5) is 12.7. The SMILES string of the molecule is CCCS(=O)(=O)N1CCC(CNC(=O)c2ccccc2Br)(c2ccccc2)CC1. The van der Waals surface area contributed by atoms with Crippen molar-refractivity contribution in [3.05, 3.63) is 70.2 Å². The van der Waals surface area contributed by atoms with Crippen LogP contribution in [0.15, 0.2) is 59.1 Å². The van der Waals surface area contributed by atoms with Crippen LogP contribution in [0.1, 0.15) is 42.1 Å². The molecule has 0 spiro atoms. The molecule has 3 rings (SSSR count). The third-order valence-corrected chi connectivity index (χ3v) is 8.39. The van der Waals surface area contributed by atoms with E-state index in [4.69, 9.17) is 0 Å². The zero-order valence-corrected chi connectivity index (χ0v) is 19.0. The second-order valence-corrected chi connectivity index (χ2v) is 10.5. The topological polar surface area (TPSA) is 66.5 Å². The predicted molar refractivity (Wildman–Crippen MR) is 119 cm³/mol. The van der Waals surface area contributed by atoms with Gasteiger partial charge in [0.05, 0.1) is 11.3 Å². The number of hydrogen-bond acceptors (Lipinski definition) is 3. The van der Waals surface area contributed by atoms with Gasteiger partial charge in [0, 0.05) is 29.5 Å². The second kappa shape index (κ2) is 9.41. The van der Waals surface area contributed by atoms with Gasteiger partial charge in [0.25, 0.3) is 5.91 Å². The van der Waals surface area contributed by atoms with Crippen LogP contribution in [0.4, 0.5) is 0 Å². The molecule has 1 heterocycles. The first-order chi connectivity index (χ1) is 13.9. The number of amides is 1. The van der Waals surface area contributed by atoms with Crippen LogP contribution in [0.2, 0.25) is 0 Å². The lowest BCUT2D eigenvalue weighted by Crippen LogP contribution is -2.50. The van der Waals surface area contributed by atoms with Crippen molar-refractivity contribution in [1.29, 1.82) is 0 Å². The van der Waals surface area contributed by atoms with Crippen molar-refractivity contribution >= 4 is 31.9 Å². The summed E-state index contributed by atoms with van der Waals surface area (Å²) in [7, 11) is -3.21. The first kappa shape index (κ1) is 22.0. The van der Waals surface area contributed by atoms with E-state index in [2.05, 4.69) is 33.4 Å². The number of carbonyl (C=O) groups excluding carboxylic acids is 1. The van der Waals surface area contributed by atoms with Gasteiger partial charge in [0.15, 0.2) is 0 Å². The van der Waals surface area contributed by atoms with Crippen molar-refractivity contribution in [3.63, 3.8) is 0 Å². The lowest BCUT2D eigenvalue weighted by Gasteiger charge is -2.42. The average Bonchev–Trinajstić information content (AvgIpc) is 2.73. The standard InChI is InChI=1S/C22H27BrN2O3S/c1-2-16-29(27,28)25-14-12-22(13-15-25,18-8-4-3-5-9-18)17-24-21(26)19-10-6-7-11-20(19)23/h3-11H,2,12-17H2,1H3,(H,24,26). The van der Waals surface area contributed by atoms with Gasteiger partial charge in [-0.3, -0.25) is 4.79 Å². The lowest BCUT2D eigenvalue weighted by atomic mass is 9.73. The van der Waals surface area contributed by atoms with Crippen molar-refractivity contribution in [2.24, 2.45) is 0 Å². The Labute approximate surface area is 181 Å². The maximum Gasteiger partial charge on any atom is 0.252 e. The quantitative estimate of drug-likeness (QED) is 0.654. The fourth-order valence-electron chi connectivity index (χ4n) is 3.93. The van der Waals surface area contributed by atoms with Crippen molar-refractivity contribution in [2.75, 3.05) is 25.4 Å². The van der Waals surface area contributed by atoms with Gasteiger partial charge in [0.1, 0.15) is 0 Å². The molecule has 0 unspecified atom stereocenters. The molecule has 2 aromatic rings. The Hall–Kier alpha value is -1.70. The van der Waals surface area contributed by atoms with E-state index in [-0.39, 0.29) is 17.1 Å². The first-order valence-electron chi connectivity index (χ1n) is 9.94. The molecule has 1 aliphatic heterocycles. The fraction of sp³-hybridized carbons (Fsp3) is 0.409. The zero-order chi connectivity index (χ0) is 20.9. The van der Waals surface area contributed by atoms with Crippen LogP contribution >= 0.6 is 15.9 Å². The molecule has 0 radical (unpaired) electrons. The molecule has 29 heavy (non-hydrogen) atoms. The number of piperidine rings is 1. The van der Waals surface area contributed by atoms with Crippen LogP contribution in [-0.4, -0.2) is 44.0 Å². The summed E-state index contributed by atoms with van der Waals surface area (Å²) in [6.45, 7) is 3.30. The van der Waals surface area contributed by atoms with Gasteiger partial charge < -0.3 is 5.32 Å². The van der Waals surface area contributed by atoms with Crippen LogP contribution in [0, 0.1) is 0 Å². The van der Waals surface area contributed by atoms with E-state index in [9.17, 15) is 13.2 Å². The Morgan fingerprint density at radius 1 is 1.07 bits per heavy atom. The molecule has 1 fully saturated rings. The summed E-state index contributed by atoms with van der Waals surface area (Å²) in [6.07, 6.45) is 1.97. The summed E-state index contributed by atoms with van der Waals surface area (Å²) in [5.74, 6) is 0.0539. The van der Waals surface area contributed by atoms with Gasteiger partial charge in [-0.25, -0.2) is 12.7 Å². The number of sulfonamides is 1. The van der Waals surface area contributed by atoms with Gasteiger partial charge in [-0.05, 0) is 52.9 Å². The van der Waals surface area contributed by atoms with Gasteiger partial charge in [-0.15, -0.1) is 0 Å². The van der Waals surface area contributed by atoms with E-state index < -0.39 is 10.0 Å². The van der Waals surface area contributed by atoms with Gasteiger partial charge in [-0.1, -0.05) is 49.4 Å². The average molecular weight is 479 g/mol. The van der Waals surface area contributed by atoms with Gasteiger partial charge >= 0.3 is 0 Å². The Balaban J connectivity index is 1.78. The molecule has 2 aromatic carbocycles. The highest BCUT2D eigenvalue weighted by Gasteiger charge is 2.39. The van der Waals surface area contributed by atoms with Gasteiger partial charge in [0.2, 0.25) is 10.0 Å². The number of hydrogen-bond donors (Lipinski definition) is 1. The maximum atomic E-state index is 12.7. The molecular weight excluding hydrogens is 452 g/mol. The zero-order valence-electron chi connectivity index (χ0n) is 16.6. The largest absolute Gasteiger partial charge is 0.351 e. The van der Waals surface area contributed by atoms with E-state index in [1.165, 1.54) is 0 Å². The number of rotatable bonds is 7. The molecule has 1 amide bonds. The first-order valence-corrected chi connectivity index (χ1v) is 12.3. The number of nitrogens with one attached hydrogen (secondary N) is 1. The molecule has 1 N–H and O–H groups in total. The van der Waals surface area contributed by atoms with Crippen LogP contribution in [0.25, 0.3) is 0 Å². The Morgan fingerprint density at radius 2 is 1.69 bits per heavy atom. The molecule has 1 aliphatic rings. The predicted octanol–water partition coefficient (Wildman–Crippen LogP) is 3.95. The normalized spacial score (nSPS) is 17.0. The molecule has 0 bridgehead atoms. The van der Waals surface area contributed by atoms with E-state index >= 15 is 0 Å². The molecule has 0 aliphatic carbocycles. The minimum absolute atomic E-state index is 0.131. The van der Waals surface area contributed by atoms with Crippen LogP contribution in [0.3, 0.4) is 0 Å². The van der Waals surface area contributed by atoms with E-state index in [0.29, 0.717) is 44.5 Å². The number of nitrogens with zero attached hydrogens (tertiary/aromatic N) is 1. The summed E-state index contributed by atoms with van der Waals surface area (Å²) in [5, 5.41) is 3.09. The number of carbonyl (C=O) groups is 1. The Bertz CT molecular complexity index is 940. The molecule has 0 saturated carbocycles. The van der Waals surface area contributed by atoms with E-state index in [0.717, 1.165) is 10.0 Å². The third kappa shape index (κ3) is 5.08. The van der Waals surface area contributed by atoms with E-state index in [1.54, 1.807) is 10.4 Å². The highest BCUT2D eigenvalue weighted by Crippen LogP contribution is 2.36. The smallest absolute Gasteiger partial charge is 0.252 e. The lowest BCUT2D eigenvalue weighted by molar-refractivity contribution is 0.0932. The summed E-state index contributed by atoms with van der Waals surface area (Å²) in [6, 6.07) is 17.4. The molecule has 0 aromatic heterocycles. The molecular formula is C22H27BrN2O3S. The summed E-state index contributed by atoms with van der Waals surface area (Å²) >= 11 is 3.43. The monoisotopic (exact) mass is 478 g/mol. The second-order valence-electron chi connectivity index (χ2n) is 7.52. The Kier molecular flexibility index (Phi) is 7.14. The highest BCUT2D eigenvalue weighted by atomic mass is 79.9. The minimum Gasteiger partial charge on any atom is -0.351 e. The Morgan fingerprint density at radius 3 is 2.31 bits per heavy atom. The molecule has 5 nitrogen and oxygen atoms in total.